The molecule has 0 saturated carbocycles. The van der Waals surface area contributed by atoms with E-state index in [1.165, 1.54) is 36.4 Å². The van der Waals surface area contributed by atoms with Crippen LogP contribution in [-0.4, -0.2) is 24.4 Å². The molecule has 0 fully saturated rings. The van der Waals surface area contributed by atoms with Gasteiger partial charge in [-0.1, -0.05) is 6.07 Å². The Bertz CT molecular complexity index is 714. The van der Waals surface area contributed by atoms with Crippen LogP contribution in [0.3, 0.4) is 0 Å². The lowest BCUT2D eigenvalue weighted by atomic mass is 10.1. The number of hydrogen-bond donors (Lipinski definition) is 2. The van der Waals surface area contributed by atoms with E-state index in [9.17, 15) is 13.9 Å². The Hall–Kier alpha value is -2.49. The molecule has 4 nitrogen and oxygen atoms in total. The molecule has 0 aliphatic rings. The van der Waals surface area contributed by atoms with E-state index in [1.54, 1.807) is 12.1 Å². The molecule has 0 aliphatic carbocycles. The molecule has 2 atom stereocenters. The summed E-state index contributed by atoms with van der Waals surface area (Å²) >= 11 is 0. The highest BCUT2D eigenvalue weighted by Crippen LogP contribution is 2.16. The predicted octanol–water partition coefficient (Wildman–Crippen LogP) is 2.93. The maximum atomic E-state index is 13.6. The van der Waals surface area contributed by atoms with Crippen LogP contribution in [0.15, 0.2) is 42.5 Å². The van der Waals surface area contributed by atoms with Gasteiger partial charge in [0.25, 0.3) is 0 Å². The van der Waals surface area contributed by atoms with E-state index in [0.717, 1.165) is 0 Å². The van der Waals surface area contributed by atoms with E-state index in [2.05, 4.69) is 5.32 Å². The molecule has 2 N–H and O–H groups in total. The summed E-state index contributed by atoms with van der Waals surface area (Å²) in [6.45, 7) is 2.12. The molecule has 0 bridgehead atoms. The van der Waals surface area contributed by atoms with Gasteiger partial charge in [0.15, 0.2) is 0 Å². The first-order chi connectivity index (χ1) is 11.5. The molecule has 0 saturated heterocycles. The lowest BCUT2D eigenvalue weighted by molar-refractivity contribution is 0.104. The fourth-order valence-corrected chi connectivity index (χ4v) is 2.10. The molecular weight excluding hydrogens is 314 g/mol. The standard InChI is InChI=1S/C18H18F2N2O2/c1-12(13-2-3-14(9-21)18(20)8-13)22-10-16(23)11-24-17-6-4-15(19)5-7-17/h2-8,12,16,22-23H,10-11H2,1H3. The normalized spacial score (nSPS) is 13.1. The minimum Gasteiger partial charge on any atom is -0.491 e. The third kappa shape index (κ3) is 5.01. The van der Waals surface area contributed by atoms with E-state index in [1.807, 2.05) is 6.92 Å². The zero-order valence-corrected chi connectivity index (χ0v) is 13.2. The summed E-state index contributed by atoms with van der Waals surface area (Å²) < 4.78 is 31.7. The summed E-state index contributed by atoms with van der Waals surface area (Å²) in [7, 11) is 0. The van der Waals surface area contributed by atoms with Crippen LogP contribution in [-0.2, 0) is 0 Å². The quantitative estimate of drug-likeness (QED) is 0.818. The van der Waals surface area contributed by atoms with Crippen molar-refractivity contribution in [3.8, 4) is 11.8 Å². The number of ether oxygens (including phenoxy) is 1. The van der Waals surface area contributed by atoms with Gasteiger partial charge in [-0.25, -0.2) is 8.78 Å². The van der Waals surface area contributed by atoms with Crippen LogP contribution in [0.1, 0.15) is 24.1 Å². The van der Waals surface area contributed by atoms with Gasteiger partial charge in [-0.05, 0) is 48.9 Å². The van der Waals surface area contributed by atoms with Gasteiger partial charge in [-0.2, -0.15) is 5.26 Å². The molecule has 2 aromatic rings. The average molecular weight is 332 g/mol. The van der Waals surface area contributed by atoms with Crippen molar-refractivity contribution in [2.24, 2.45) is 0 Å². The molecule has 2 rings (SSSR count). The topological polar surface area (TPSA) is 65.3 Å². The Morgan fingerprint density at radius 3 is 2.54 bits per heavy atom. The van der Waals surface area contributed by atoms with Crippen LogP contribution >= 0.6 is 0 Å². The van der Waals surface area contributed by atoms with Crippen molar-refractivity contribution in [2.45, 2.75) is 19.1 Å². The van der Waals surface area contributed by atoms with Crippen LogP contribution in [0.25, 0.3) is 0 Å². The highest BCUT2D eigenvalue weighted by atomic mass is 19.1. The van der Waals surface area contributed by atoms with Crippen molar-refractivity contribution in [2.75, 3.05) is 13.2 Å². The van der Waals surface area contributed by atoms with Gasteiger partial charge >= 0.3 is 0 Å². The minimum absolute atomic E-state index is 0.00122. The Labute approximate surface area is 139 Å². The molecular formula is C18H18F2N2O2. The Morgan fingerprint density at radius 2 is 1.92 bits per heavy atom. The maximum Gasteiger partial charge on any atom is 0.141 e. The van der Waals surface area contributed by atoms with E-state index in [0.29, 0.717) is 11.3 Å². The third-order valence-corrected chi connectivity index (χ3v) is 3.53. The van der Waals surface area contributed by atoms with Gasteiger partial charge in [0, 0.05) is 12.6 Å². The molecule has 24 heavy (non-hydrogen) atoms. The molecule has 126 valence electrons. The van der Waals surface area contributed by atoms with Gasteiger partial charge in [0.2, 0.25) is 0 Å². The van der Waals surface area contributed by atoms with E-state index in [4.69, 9.17) is 10.00 Å². The fraction of sp³-hybridized carbons (Fsp3) is 0.278. The van der Waals surface area contributed by atoms with Crippen molar-refractivity contribution >= 4 is 0 Å². The molecule has 2 aromatic carbocycles. The zero-order valence-electron chi connectivity index (χ0n) is 13.2. The van der Waals surface area contributed by atoms with Crippen molar-refractivity contribution in [1.29, 1.82) is 5.26 Å². The summed E-state index contributed by atoms with van der Waals surface area (Å²) in [6, 6.07) is 11.5. The Morgan fingerprint density at radius 1 is 1.21 bits per heavy atom. The second kappa shape index (κ2) is 8.39. The molecule has 0 radical (unpaired) electrons. The van der Waals surface area contributed by atoms with Crippen LogP contribution in [0.5, 0.6) is 5.75 Å². The van der Waals surface area contributed by atoms with Crippen molar-refractivity contribution in [3.63, 3.8) is 0 Å². The molecule has 0 aromatic heterocycles. The first-order valence-electron chi connectivity index (χ1n) is 7.49. The van der Waals surface area contributed by atoms with Crippen molar-refractivity contribution in [3.05, 3.63) is 65.2 Å². The van der Waals surface area contributed by atoms with E-state index < -0.39 is 11.9 Å². The van der Waals surface area contributed by atoms with Gasteiger partial charge in [0.1, 0.15) is 36.2 Å². The number of hydrogen-bond acceptors (Lipinski definition) is 4. The number of benzene rings is 2. The van der Waals surface area contributed by atoms with Crippen LogP contribution in [0.4, 0.5) is 8.78 Å². The van der Waals surface area contributed by atoms with Crippen molar-refractivity contribution < 1.29 is 18.6 Å². The largest absolute Gasteiger partial charge is 0.491 e. The smallest absolute Gasteiger partial charge is 0.141 e. The van der Waals surface area contributed by atoms with Gasteiger partial charge in [-0.3, -0.25) is 0 Å². The Balaban J connectivity index is 1.80. The van der Waals surface area contributed by atoms with E-state index in [-0.39, 0.29) is 30.6 Å². The van der Waals surface area contributed by atoms with Crippen LogP contribution < -0.4 is 10.1 Å². The fourth-order valence-electron chi connectivity index (χ4n) is 2.10. The number of nitriles is 1. The SMILES string of the molecule is CC(NCC(O)COc1ccc(F)cc1)c1ccc(C#N)c(F)c1. The maximum absolute atomic E-state index is 13.6. The van der Waals surface area contributed by atoms with Gasteiger partial charge in [-0.15, -0.1) is 0 Å². The summed E-state index contributed by atoms with van der Waals surface area (Å²) in [5.74, 6) is -0.449. The first-order valence-corrected chi connectivity index (χ1v) is 7.49. The predicted molar refractivity (Wildman–Crippen MR) is 85.4 cm³/mol. The number of nitrogens with zero attached hydrogens (tertiary/aromatic N) is 1. The second-order valence-electron chi connectivity index (χ2n) is 5.40. The summed E-state index contributed by atoms with van der Waals surface area (Å²) in [5, 5.41) is 21.7. The third-order valence-electron chi connectivity index (χ3n) is 3.53. The number of aliphatic hydroxyl groups excluding tert-OH is 1. The summed E-state index contributed by atoms with van der Waals surface area (Å²) in [6.07, 6.45) is -0.777. The average Bonchev–Trinajstić information content (AvgIpc) is 2.59. The lowest BCUT2D eigenvalue weighted by Gasteiger charge is -2.18. The lowest BCUT2D eigenvalue weighted by Crippen LogP contribution is -2.33. The van der Waals surface area contributed by atoms with Crippen molar-refractivity contribution in [1.82, 2.24) is 5.32 Å². The zero-order chi connectivity index (χ0) is 17.5. The monoisotopic (exact) mass is 332 g/mol. The number of nitrogens with one attached hydrogen (secondary N) is 1. The van der Waals surface area contributed by atoms with Gasteiger partial charge < -0.3 is 15.2 Å². The molecule has 0 aliphatic heterocycles. The van der Waals surface area contributed by atoms with Crippen LogP contribution in [0, 0.1) is 23.0 Å². The Kier molecular flexibility index (Phi) is 6.24. The minimum atomic E-state index is -0.777. The summed E-state index contributed by atoms with van der Waals surface area (Å²) in [4.78, 5) is 0. The van der Waals surface area contributed by atoms with Crippen LogP contribution in [0.2, 0.25) is 0 Å². The number of rotatable bonds is 7. The summed E-state index contributed by atoms with van der Waals surface area (Å²) in [5.41, 5.74) is 0.678. The second-order valence-corrected chi connectivity index (χ2v) is 5.40. The first kappa shape index (κ1) is 17.9. The highest BCUT2D eigenvalue weighted by molar-refractivity contribution is 5.34. The molecule has 0 spiro atoms. The highest BCUT2D eigenvalue weighted by Gasteiger charge is 2.11. The molecule has 2 unspecified atom stereocenters. The molecule has 6 heteroatoms. The molecule has 0 amide bonds. The molecule has 0 heterocycles. The van der Waals surface area contributed by atoms with Gasteiger partial charge in [0.05, 0.1) is 5.56 Å². The number of aliphatic hydroxyl groups is 1. The van der Waals surface area contributed by atoms with E-state index >= 15 is 0 Å². The number of halogens is 2.